The Hall–Kier alpha value is -1.98. The second-order valence-corrected chi connectivity index (χ2v) is 17.2. The maximum absolute atomic E-state index is 16.8. The predicted octanol–water partition coefficient (Wildman–Crippen LogP) is 3.47. The molecular formula is C36H60F4N6O6. The third-order valence-electron chi connectivity index (χ3n) is 12.2. The van der Waals surface area contributed by atoms with E-state index >= 15 is 8.78 Å². The third-order valence-corrected chi connectivity index (χ3v) is 12.2. The first kappa shape index (κ1) is 39.7. The highest BCUT2D eigenvalue weighted by Gasteiger charge is 2.59. The number of rotatable bonds is 5. The minimum Gasteiger partial charge on any atom is -0.444 e. The molecule has 0 radical (unpaired) electrons. The largest absolute Gasteiger partial charge is 0.444 e. The van der Waals surface area contributed by atoms with Crippen LogP contribution in [0.15, 0.2) is 0 Å². The number of ether oxygens (including phenoxy) is 3. The zero-order chi connectivity index (χ0) is 37.6. The van der Waals surface area contributed by atoms with Crippen molar-refractivity contribution in [2.24, 2.45) is 23.7 Å². The van der Waals surface area contributed by atoms with Crippen molar-refractivity contribution in [1.82, 2.24) is 30.7 Å². The van der Waals surface area contributed by atoms with Gasteiger partial charge in [-0.15, -0.1) is 0 Å². The summed E-state index contributed by atoms with van der Waals surface area (Å²) in [4.78, 5) is 33.1. The van der Waals surface area contributed by atoms with Gasteiger partial charge in [0.25, 0.3) is 6.43 Å². The Labute approximate surface area is 305 Å². The first-order valence-electron chi connectivity index (χ1n) is 19.3. The summed E-state index contributed by atoms with van der Waals surface area (Å²) in [5.41, 5.74) is -0.657. The van der Waals surface area contributed by atoms with Crippen LogP contribution >= 0.6 is 0 Å². The minimum atomic E-state index is -2.78. The quantitative estimate of drug-likeness (QED) is 0.313. The lowest BCUT2D eigenvalue weighted by molar-refractivity contribution is -0.173. The van der Waals surface area contributed by atoms with Gasteiger partial charge in [-0.2, -0.15) is 0 Å². The summed E-state index contributed by atoms with van der Waals surface area (Å²) in [5, 5.41) is 22.3. The number of halogens is 4. The number of hydrogen-bond acceptors (Lipinski definition) is 9. The van der Waals surface area contributed by atoms with Gasteiger partial charge in [0, 0.05) is 55.5 Å². The molecule has 6 aliphatic rings. The van der Waals surface area contributed by atoms with E-state index in [1.807, 2.05) is 41.5 Å². The maximum atomic E-state index is 16.8. The average Bonchev–Trinajstić information content (AvgIpc) is 3.06. The van der Waals surface area contributed by atoms with E-state index in [1.165, 1.54) is 0 Å². The lowest BCUT2D eigenvalue weighted by atomic mass is 9.71. The lowest BCUT2D eigenvalue weighted by Crippen LogP contribution is -2.80. The number of piperidine rings is 2. The number of nitrogens with zero attached hydrogens (tertiary/aromatic N) is 3. The molecule has 2 bridgehead atoms. The van der Waals surface area contributed by atoms with Crippen LogP contribution < -0.4 is 16.0 Å². The molecule has 0 aromatic carbocycles. The van der Waals surface area contributed by atoms with Gasteiger partial charge in [-0.3, -0.25) is 10.2 Å². The second-order valence-electron chi connectivity index (χ2n) is 17.2. The summed E-state index contributed by atoms with van der Waals surface area (Å²) in [6.07, 6.45) is -8.97. The average molecular weight is 749 g/mol. The molecule has 1 saturated carbocycles. The second kappa shape index (κ2) is 16.0. The number of hydrogen-bond donors (Lipinski definition) is 4. The molecule has 0 aromatic rings. The van der Waals surface area contributed by atoms with E-state index < -0.39 is 104 Å². The number of piperazine rings is 1. The Morgan fingerprint density at radius 2 is 1.83 bits per heavy atom. The van der Waals surface area contributed by atoms with E-state index in [0.29, 0.717) is 45.4 Å². The molecule has 1 aliphatic carbocycles. The molecule has 13 unspecified atom stereocenters. The summed E-state index contributed by atoms with van der Waals surface area (Å²) in [6, 6.07) is -2.57. The van der Waals surface area contributed by atoms with Crippen LogP contribution in [0.3, 0.4) is 0 Å². The Kier molecular flexibility index (Phi) is 12.2. The van der Waals surface area contributed by atoms with Crippen LogP contribution in [0.25, 0.3) is 0 Å². The van der Waals surface area contributed by atoms with Gasteiger partial charge in [-0.05, 0) is 72.3 Å². The van der Waals surface area contributed by atoms with Crippen molar-refractivity contribution in [2.45, 2.75) is 153 Å². The molecule has 298 valence electrons. The third kappa shape index (κ3) is 8.17. The van der Waals surface area contributed by atoms with E-state index in [0.717, 1.165) is 0 Å². The van der Waals surface area contributed by atoms with Gasteiger partial charge in [-0.25, -0.2) is 27.2 Å². The standard InChI is InChI=1S/C36H60F4N6O6/c1-18(2)28-30-20(10-11-41-28)31(47)25(51-17-26(39)40)16-50-24-9-7-8-22(37)27(24)29-23(38)14-21-32(43-34(48)46(30)33(21)42-29)45-13-12-44(15-19(45)3)35(49)52-36(4,5)6/h18-33,41-42,47H,7-17H2,1-6H3,(H,43,48)/t19-,20?,21?,22?,23?,24?,25?,27?,28?,29?,30?,31?,32?,33?/m0/s1. The molecule has 6 rings (SSSR count). The molecule has 16 heteroatoms. The summed E-state index contributed by atoms with van der Waals surface area (Å²) in [5.74, 6) is -2.01. The fourth-order valence-corrected chi connectivity index (χ4v) is 9.94. The summed E-state index contributed by atoms with van der Waals surface area (Å²) in [7, 11) is 0. The smallest absolute Gasteiger partial charge is 0.410 e. The molecule has 0 aromatic heterocycles. The number of fused-ring (bicyclic) bond motifs is 5. The molecule has 0 spiro atoms. The van der Waals surface area contributed by atoms with Crippen LogP contribution in [0, 0.1) is 23.7 Å². The SMILES string of the molecule is CC(C)C1NCCC2C(O)C(OCC(F)F)COC3CCCC(F)C3C3NC4C(CC3F)C(N3CCN(C(=O)OC(C)(C)C)C[C@@H]3C)NC(=O)N4C21. The van der Waals surface area contributed by atoms with E-state index in [2.05, 4.69) is 20.9 Å². The van der Waals surface area contributed by atoms with Crippen molar-refractivity contribution >= 4 is 12.1 Å². The van der Waals surface area contributed by atoms with E-state index in [9.17, 15) is 23.5 Å². The van der Waals surface area contributed by atoms with Crippen molar-refractivity contribution in [1.29, 1.82) is 0 Å². The number of aliphatic hydroxyl groups excluding tert-OH is 1. The van der Waals surface area contributed by atoms with Crippen molar-refractivity contribution < 1.29 is 46.5 Å². The number of alkyl halides is 4. The fraction of sp³-hybridized carbons (Fsp3) is 0.944. The highest BCUT2D eigenvalue weighted by Crippen LogP contribution is 2.44. The van der Waals surface area contributed by atoms with Gasteiger partial charge >= 0.3 is 12.1 Å². The summed E-state index contributed by atoms with van der Waals surface area (Å²) < 4.78 is 77.4. The number of nitrogens with one attached hydrogen (secondary N) is 3. The Balaban J connectivity index is 1.38. The number of aliphatic hydroxyl groups is 1. The van der Waals surface area contributed by atoms with Gasteiger partial charge in [0.1, 0.15) is 30.7 Å². The zero-order valence-corrected chi connectivity index (χ0v) is 31.4. The topological polar surface area (TPSA) is 128 Å². The normalized spacial score (nSPS) is 42.1. The van der Waals surface area contributed by atoms with Crippen molar-refractivity contribution in [2.75, 3.05) is 39.4 Å². The van der Waals surface area contributed by atoms with Crippen LogP contribution in [0.5, 0.6) is 0 Å². The number of carbonyl (C=O) groups excluding carboxylic acids is 2. The molecule has 5 aliphatic heterocycles. The molecule has 6 fully saturated rings. The van der Waals surface area contributed by atoms with E-state index in [-0.39, 0.29) is 37.5 Å². The Morgan fingerprint density at radius 3 is 2.50 bits per heavy atom. The molecular weight excluding hydrogens is 688 g/mol. The van der Waals surface area contributed by atoms with Crippen molar-refractivity contribution in [3.05, 3.63) is 0 Å². The van der Waals surface area contributed by atoms with E-state index in [4.69, 9.17) is 14.2 Å². The monoisotopic (exact) mass is 748 g/mol. The molecule has 5 heterocycles. The highest BCUT2D eigenvalue weighted by molar-refractivity contribution is 5.76. The molecule has 5 saturated heterocycles. The minimum absolute atomic E-state index is 0.0132. The van der Waals surface area contributed by atoms with Crippen LogP contribution in [-0.2, 0) is 14.2 Å². The van der Waals surface area contributed by atoms with Crippen LogP contribution in [0.2, 0.25) is 0 Å². The fourth-order valence-electron chi connectivity index (χ4n) is 9.94. The molecule has 12 nitrogen and oxygen atoms in total. The van der Waals surface area contributed by atoms with Gasteiger partial charge in [0.05, 0.1) is 37.2 Å². The first-order chi connectivity index (χ1) is 24.6. The molecule has 3 amide bonds. The van der Waals surface area contributed by atoms with E-state index in [1.54, 1.807) is 9.80 Å². The summed E-state index contributed by atoms with van der Waals surface area (Å²) in [6.45, 7) is 11.9. The number of urea groups is 1. The van der Waals surface area contributed by atoms with Gasteiger partial charge in [0.15, 0.2) is 0 Å². The molecule has 52 heavy (non-hydrogen) atoms. The number of carbonyl (C=O) groups is 2. The van der Waals surface area contributed by atoms with Gasteiger partial charge in [-0.1, -0.05) is 13.8 Å². The first-order valence-corrected chi connectivity index (χ1v) is 19.3. The number of amides is 3. The van der Waals surface area contributed by atoms with Crippen molar-refractivity contribution in [3.8, 4) is 0 Å². The Bertz CT molecular complexity index is 1250. The zero-order valence-electron chi connectivity index (χ0n) is 31.4. The van der Waals surface area contributed by atoms with Crippen LogP contribution in [-0.4, -0.2) is 151 Å². The molecule has 14 atom stereocenters. The Morgan fingerprint density at radius 1 is 1.08 bits per heavy atom. The molecule has 4 N–H and O–H groups in total. The predicted molar refractivity (Wildman–Crippen MR) is 184 cm³/mol. The van der Waals surface area contributed by atoms with Gasteiger partial charge in [0.2, 0.25) is 0 Å². The van der Waals surface area contributed by atoms with Crippen LogP contribution in [0.1, 0.15) is 73.6 Å². The van der Waals surface area contributed by atoms with Crippen LogP contribution in [0.4, 0.5) is 27.2 Å². The highest BCUT2D eigenvalue weighted by atomic mass is 19.3. The summed E-state index contributed by atoms with van der Waals surface area (Å²) >= 11 is 0. The maximum Gasteiger partial charge on any atom is 0.410 e. The van der Waals surface area contributed by atoms with Crippen molar-refractivity contribution in [3.63, 3.8) is 0 Å². The van der Waals surface area contributed by atoms with Gasteiger partial charge < -0.3 is 39.8 Å². The lowest BCUT2D eigenvalue weighted by Gasteiger charge is -2.60.